The third-order valence-corrected chi connectivity index (χ3v) is 5.77. The van der Waals surface area contributed by atoms with Crippen LogP contribution in [0.3, 0.4) is 0 Å². The highest BCUT2D eigenvalue weighted by molar-refractivity contribution is 5.84. The molecule has 2 fully saturated rings. The number of hydrogen-bond acceptors (Lipinski definition) is 5. The van der Waals surface area contributed by atoms with Crippen molar-refractivity contribution >= 4 is 11.8 Å². The number of nitrogens with zero attached hydrogens (tertiary/aromatic N) is 2. The quantitative estimate of drug-likeness (QED) is 0.697. The minimum absolute atomic E-state index is 0.0184. The molecule has 2 aromatic rings. The largest absolute Gasteiger partial charge is 0.352 e. The Morgan fingerprint density at radius 3 is 2.80 bits per heavy atom. The van der Waals surface area contributed by atoms with Crippen molar-refractivity contribution in [3.63, 3.8) is 0 Å². The molecular formula is C22H26FN5O2. The first-order valence-corrected chi connectivity index (χ1v) is 10.3. The van der Waals surface area contributed by atoms with E-state index in [2.05, 4.69) is 21.2 Å². The average molecular weight is 411 g/mol. The molecule has 2 amide bonds. The first-order chi connectivity index (χ1) is 14.6. The van der Waals surface area contributed by atoms with Crippen molar-refractivity contribution < 1.29 is 14.0 Å². The number of aromatic nitrogens is 1. The lowest BCUT2D eigenvalue weighted by molar-refractivity contribution is -0.137. The Morgan fingerprint density at radius 2 is 2.03 bits per heavy atom. The normalized spacial score (nSPS) is 23.9. The van der Waals surface area contributed by atoms with Gasteiger partial charge in [0.05, 0.1) is 5.92 Å². The number of amides is 2. The molecule has 1 aromatic heterocycles. The predicted octanol–water partition coefficient (Wildman–Crippen LogP) is 1.68. The van der Waals surface area contributed by atoms with Crippen LogP contribution in [0.4, 0.5) is 4.39 Å². The van der Waals surface area contributed by atoms with E-state index in [0.717, 1.165) is 24.0 Å². The molecule has 0 radical (unpaired) electrons. The van der Waals surface area contributed by atoms with Gasteiger partial charge in [0.15, 0.2) is 0 Å². The third kappa shape index (κ3) is 4.83. The molecule has 8 heteroatoms. The highest BCUT2D eigenvalue weighted by atomic mass is 19.1. The van der Waals surface area contributed by atoms with Crippen molar-refractivity contribution in [3.05, 3.63) is 65.7 Å². The maximum atomic E-state index is 13.0. The van der Waals surface area contributed by atoms with Crippen LogP contribution in [0.15, 0.2) is 48.8 Å². The lowest BCUT2D eigenvalue weighted by Gasteiger charge is -2.33. The van der Waals surface area contributed by atoms with Crippen LogP contribution < -0.4 is 16.2 Å². The fourth-order valence-corrected chi connectivity index (χ4v) is 4.07. The van der Waals surface area contributed by atoms with Crippen molar-refractivity contribution in [2.45, 2.75) is 37.9 Å². The van der Waals surface area contributed by atoms with E-state index in [1.54, 1.807) is 29.4 Å². The van der Waals surface area contributed by atoms with Crippen LogP contribution in [0.25, 0.3) is 0 Å². The van der Waals surface area contributed by atoms with E-state index in [1.165, 1.54) is 12.1 Å². The SMILES string of the molecule is O=C(NCc1ccc(F)cc1)C1CCCN(C(=O)C2CC(c3cccnc3)NN2)C1. The zero-order chi connectivity index (χ0) is 20.9. The summed E-state index contributed by atoms with van der Waals surface area (Å²) in [5.41, 5.74) is 8.16. The van der Waals surface area contributed by atoms with Gasteiger partial charge in [-0.25, -0.2) is 15.2 Å². The Labute approximate surface area is 175 Å². The van der Waals surface area contributed by atoms with Crippen LogP contribution in [-0.2, 0) is 16.1 Å². The zero-order valence-electron chi connectivity index (χ0n) is 16.7. The number of likely N-dealkylation sites (tertiary alicyclic amines) is 1. The van der Waals surface area contributed by atoms with Gasteiger partial charge in [-0.3, -0.25) is 14.6 Å². The number of halogens is 1. The molecule has 0 aliphatic carbocycles. The van der Waals surface area contributed by atoms with Crippen LogP contribution >= 0.6 is 0 Å². The van der Waals surface area contributed by atoms with E-state index in [9.17, 15) is 14.0 Å². The fraction of sp³-hybridized carbons (Fsp3) is 0.409. The van der Waals surface area contributed by atoms with E-state index in [1.807, 2.05) is 12.1 Å². The van der Waals surface area contributed by atoms with Gasteiger partial charge >= 0.3 is 0 Å². The lowest BCUT2D eigenvalue weighted by atomic mass is 9.95. The Balaban J connectivity index is 1.29. The number of piperidine rings is 1. The smallest absolute Gasteiger partial charge is 0.241 e. The van der Waals surface area contributed by atoms with Gasteiger partial charge < -0.3 is 10.2 Å². The van der Waals surface area contributed by atoms with Crippen LogP contribution in [0, 0.1) is 11.7 Å². The molecule has 0 saturated carbocycles. The Kier molecular flexibility index (Phi) is 6.35. The number of nitrogens with one attached hydrogen (secondary N) is 3. The minimum atomic E-state index is -0.323. The second kappa shape index (κ2) is 9.32. The highest BCUT2D eigenvalue weighted by Gasteiger charge is 2.36. The van der Waals surface area contributed by atoms with Gasteiger partial charge in [-0.05, 0) is 48.6 Å². The molecule has 7 nitrogen and oxygen atoms in total. The molecule has 2 aliphatic rings. The van der Waals surface area contributed by atoms with Gasteiger partial charge in [-0.2, -0.15) is 0 Å². The van der Waals surface area contributed by atoms with Crippen molar-refractivity contribution in [2.75, 3.05) is 13.1 Å². The summed E-state index contributed by atoms with van der Waals surface area (Å²) in [6.45, 7) is 1.44. The van der Waals surface area contributed by atoms with E-state index in [0.29, 0.717) is 26.1 Å². The molecule has 158 valence electrons. The fourth-order valence-electron chi connectivity index (χ4n) is 4.07. The van der Waals surface area contributed by atoms with Crippen LogP contribution in [0.2, 0.25) is 0 Å². The minimum Gasteiger partial charge on any atom is -0.352 e. The molecular weight excluding hydrogens is 385 g/mol. The summed E-state index contributed by atoms with van der Waals surface area (Å²) in [5.74, 6) is -0.577. The first kappa shape index (κ1) is 20.4. The molecule has 3 atom stereocenters. The summed E-state index contributed by atoms with van der Waals surface area (Å²) in [6.07, 6.45) is 5.72. The van der Waals surface area contributed by atoms with Crippen LogP contribution in [0.1, 0.15) is 36.4 Å². The highest BCUT2D eigenvalue weighted by Crippen LogP contribution is 2.24. The number of hydrogen-bond donors (Lipinski definition) is 3. The number of benzene rings is 1. The Morgan fingerprint density at radius 1 is 1.20 bits per heavy atom. The maximum Gasteiger partial charge on any atom is 0.241 e. The molecule has 0 bridgehead atoms. The molecule has 3 heterocycles. The topological polar surface area (TPSA) is 86.4 Å². The Hall–Kier alpha value is -2.84. The second-order valence-corrected chi connectivity index (χ2v) is 7.88. The van der Waals surface area contributed by atoms with Crippen molar-refractivity contribution in [1.82, 2.24) is 26.1 Å². The number of pyridine rings is 1. The standard InChI is InChI=1S/C22H26FN5O2/c23-18-7-5-15(6-8-18)12-25-21(29)17-4-2-10-28(14-17)22(30)20-11-19(26-27-20)16-3-1-9-24-13-16/h1,3,5-9,13,17,19-20,26-27H,2,4,10-12,14H2,(H,25,29). The number of rotatable bonds is 5. The van der Waals surface area contributed by atoms with E-state index < -0.39 is 0 Å². The lowest BCUT2D eigenvalue weighted by Crippen LogP contribution is -2.51. The summed E-state index contributed by atoms with van der Waals surface area (Å²) >= 11 is 0. The van der Waals surface area contributed by atoms with E-state index in [4.69, 9.17) is 0 Å². The first-order valence-electron chi connectivity index (χ1n) is 10.3. The molecule has 0 spiro atoms. The van der Waals surface area contributed by atoms with Crippen LogP contribution in [-0.4, -0.2) is 40.8 Å². The number of carbonyl (C=O) groups excluding carboxylic acids is 2. The zero-order valence-corrected chi connectivity index (χ0v) is 16.7. The van der Waals surface area contributed by atoms with Crippen molar-refractivity contribution in [2.24, 2.45) is 5.92 Å². The van der Waals surface area contributed by atoms with Gasteiger partial charge in [0.1, 0.15) is 11.9 Å². The Bertz CT molecular complexity index is 877. The summed E-state index contributed by atoms with van der Waals surface area (Å²) < 4.78 is 13.0. The molecule has 3 N–H and O–H groups in total. The van der Waals surface area contributed by atoms with Crippen molar-refractivity contribution in [3.8, 4) is 0 Å². The van der Waals surface area contributed by atoms with Gasteiger partial charge in [0, 0.05) is 38.1 Å². The van der Waals surface area contributed by atoms with E-state index >= 15 is 0 Å². The van der Waals surface area contributed by atoms with Crippen molar-refractivity contribution in [1.29, 1.82) is 0 Å². The summed E-state index contributed by atoms with van der Waals surface area (Å²) in [4.78, 5) is 31.5. The van der Waals surface area contributed by atoms with Gasteiger partial charge in [-0.1, -0.05) is 18.2 Å². The molecule has 30 heavy (non-hydrogen) atoms. The van der Waals surface area contributed by atoms with Gasteiger partial charge in [0.25, 0.3) is 0 Å². The monoisotopic (exact) mass is 411 g/mol. The molecule has 4 rings (SSSR count). The molecule has 3 unspecified atom stereocenters. The summed E-state index contributed by atoms with van der Waals surface area (Å²) in [7, 11) is 0. The van der Waals surface area contributed by atoms with E-state index in [-0.39, 0.29) is 35.6 Å². The molecule has 1 aromatic carbocycles. The predicted molar refractivity (Wildman–Crippen MR) is 109 cm³/mol. The maximum absolute atomic E-state index is 13.0. The van der Waals surface area contributed by atoms with Crippen LogP contribution in [0.5, 0.6) is 0 Å². The third-order valence-electron chi connectivity index (χ3n) is 5.77. The summed E-state index contributed by atoms with van der Waals surface area (Å²) in [6, 6.07) is 9.65. The summed E-state index contributed by atoms with van der Waals surface area (Å²) in [5, 5.41) is 2.91. The number of hydrazine groups is 1. The van der Waals surface area contributed by atoms with Gasteiger partial charge in [-0.15, -0.1) is 0 Å². The second-order valence-electron chi connectivity index (χ2n) is 7.88. The molecule has 2 aliphatic heterocycles. The van der Waals surface area contributed by atoms with Gasteiger partial charge in [0.2, 0.25) is 11.8 Å². The molecule has 2 saturated heterocycles. The number of carbonyl (C=O) groups is 2. The average Bonchev–Trinajstić information content (AvgIpc) is 3.29.